The van der Waals surface area contributed by atoms with E-state index in [1.807, 2.05) is 30.8 Å². The number of hydrogen-bond acceptors (Lipinski definition) is 2. The Bertz CT molecular complexity index is 172. The van der Waals surface area contributed by atoms with Crippen molar-refractivity contribution in [3.05, 3.63) is 0 Å². The van der Waals surface area contributed by atoms with E-state index in [1.165, 1.54) is 0 Å². The summed E-state index contributed by atoms with van der Waals surface area (Å²) in [7, 11) is 3.86. The second-order valence-electron chi connectivity index (χ2n) is 3.87. The average Bonchev–Trinajstić information content (AvgIpc) is 2.57. The van der Waals surface area contributed by atoms with Gasteiger partial charge in [0.1, 0.15) is 0 Å². The van der Waals surface area contributed by atoms with Gasteiger partial charge < -0.3 is 4.90 Å². The molecule has 0 bridgehead atoms. The van der Waals surface area contributed by atoms with Crippen LogP contribution in [0.25, 0.3) is 0 Å². The third-order valence-electron chi connectivity index (χ3n) is 2.87. The highest BCUT2D eigenvalue weighted by Crippen LogP contribution is 2.28. The molecule has 70 valence electrons. The molecule has 0 aromatic heterocycles. The van der Waals surface area contributed by atoms with Crippen LogP contribution < -0.4 is 0 Å². The van der Waals surface area contributed by atoms with E-state index in [9.17, 15) is 4.79 Å². The maximum atomic E-state index is 11.7. The van der Waals surface area contributed by atoms with Crippen molar-refractivity contribution in [3.63, 3.8) is 0 Å². The van der Waals surface area contributed by atoms with Gasteiger partial charge in [0.2, 0.25) is 5.91 Å². The SMILES string of the molecule is CC1C(C)N1C(=O)[C@@H](C)N(C)C. The fraction of sp³-hybridized carbons (Fsp3) is 0.889. The highest BCUT2D eigenvalue weighted by Gasteiger charge is 2.45. The zero-order valence-electron chi connectivity index (χ0n) is 8.53. The van der Waals surface area contributed by atoms with Gasteiger partial charge in [0, 0.05) is 12.1 Å². The summed E-state index contributed by atoms with van der Waals surface area (Å²) in [4.78, 5) is 15.5. The third-order valence-corrected chi connectivity index (χ3v) is 2.87. The molecule has 1 amide bonds. The summed E-state index contributed by atoms with van der Waals surface area (Å²) in [5, 5.41) is 0. The minimum Gasteiger partial charge on any atom is -0.332 e. The minimum atomic E-state index is 0.0115. The van der Waals surface area contributed by atoms with Gasteiger partial charge in [-0.05, 0) is 34.9 Å². The number of likely N-dealkylation sites (N-methyl/N-ethyl adjacent to an activating group) is 1. The van der Waals surface area contributed by atoms with Gasteiger partial charge in [0.05, 0.1) is 6.04 Å². The van der Waals surface area contributed by atoms with Gasteiger partial charge in [-0.3, -0.25) is 9.69 Å². The lowest BCUT2D eigenvalue weighted by molar-refractivity contribution is -0.130. The van der Waals surface area contributed by atoms with Crippen LogP contribution in [0.2, 0.25) is 0 Å². The van der Waals surface area contributed by atoms with Crippen LogP contribution >= 0.6 is 0 Å². The highest BCUT2D eigenvalue weighted by atomic mass is 16.2. The van der Waals surface area contributed by atoms with Crippen molar-refractivity contribution in [2.45, 2.75) is 38.9 Å². The number of rotatable bonds is 2. The molecule has 0 aromatic carbocycles. The normalized spacial score (nSPS) is 30.7. The molecule has 12 heavy (non-hydrogen) atoms. The first-order chi connectivity index (χ1) is 5.46. The average molecular weight is 170 g/mol. The van der Waals surface area contributed by atoms with E-state index in [0.717, 1.165) is 0 Å². The molecule has 0 N–H and O–H groups in total. The minimum absolute atomic E-state index is 0.0115. The second kappa shape index (κ2) is 3.05. The van der Waals surface area contributed by atoms with E-state index < -0.39 is 0 Å². The van der Waals surface area contributed by atoms with E-state index in [-0.39, 0.29) is 11.9 Å². The largest absolute Gasteiger partial charge is 0.332 e. The van der Waals surface area contributed by atoms with Crippen molar-refractivity contribution < 1.29 is 4.79 Å². The lowest BCUT2D eigenvalue weighted by Gasteiger charge is -2.19. The molecular weight excluding hydrogens is 152 g/mol. The Morgan fingerprint density at radius 2 is 1.75 bits per heavy atom. The maximum Gasteiger partial charge on any atom is 0.240 e. The zero-order chi connectivity index (χ0) is 9.46. The molecule has 1 fully saturated rings. The van der Waals surface area contributed by atoms with Crippen molar-refractivity contribution in [3.8, 4) is 0 Å². The first-order valence-corrected chi connectivity index (χ1v) is 4.45. The number of hydrogen-bond donors (Lipinski definition) is 0. The molecule has 1 rings (SSSR count). The number of carbonyl (C=O) groups is 1. The fourth-order valence-electron chi connectivity index (χ4n) is 1.34. The first kappa shape index (κ1) is 9.52. The quantitative estimate of drug-likeness (QED) is 0.565. The van der Waals surface area contributed by atoms with E-state index in [2.05, 4.69) is 13.8 Å². The molecule has 0 radical (unpaired) electrons. The van der Waals surface area contributed by atoms with Gasteiger partial charge >= 0.3 is 0 Å². The van der Waals surface area contributed by atoms with Crippen LogP contribution in [-0.4, -0.2) is 47.9 Å². The molecule has 1 heterocycles. The first-order valence-electron chi connectivity index (χ1n) is 4.45. The van der Waals surface area contributed by atoms with Crippen LogP contribution in [0.15, 0.2) is 0 Å². The third kappa shape index (κ3) is 1.46. The molecule has 0 spiro atoms. The maximum absolute atomic E-state index is 11.7. The van der Waals surface area contributed by atoms with Gasteiger partial charge in [-0.2, -0.15) is 0 Å². The van der Waals surface area contributed by atoms with E-state index in [1.54, 1.807) is 0 Å². The Balaban J connectivity index is 2.50. The Morgan fingerprint density at radius 3 is 2.00 bits per heavy atom. The van der Waals surface area contributed by atoms with Crippen molar-refractivity contribution in [2.24, 2.45) is 0 Å². The molecule has 3 heteroatoms. The monoisotopic (exact) mass is 170 g/mol. The van der Waals surface area contributed by atoms with Gasteiger partial charge in [0.15, 0.2) is 0 Å². The molecular formula is C9H18N2O. The van der Waals surface area contributed by atoms with Gasteiger partial charge in [0.25, 0.3) is 0 Å². The summed E-state index contributed by atoms with van der Waals surface area (Å²) in [5.41, 5.74) is 0. The molecule has 1 aliphatic rings. The predicted molar refractivity (Wildman–Crippen MR) is 48.9 cm³/mol. The lowest BCUT2D eigenvalue weighted by atomic mass is 10.3. The van der Waals surface area contributed by atoms with Crippen molar-refractivity contribution >= 4 is 5.91 Å². The standard InChI is InChI=1S/C9H18N2O/c1-6-7(2)11(6)9(12)8(3)10(4)5/h6-8H,1-5H3/t6?,7?,8-,11?/m1/s1. The van der Waals surface area contributed by atoms with Crippen LogP contribution in [0.5, 0.6) is 0 Å². The smallest absolute Gasteiger partial charge is 0.240 e. The van der Waals surface area contributed by atoms with Crippen LogP contribution in [0.3, 0.4) is 0 Å². The van der Waals surface area contributed by atoms with Crippen LogP contribution in [0, 0.1) is 0 Å². The highest BCUT2D eigenvalue weighted by molar-refractivity contribution is 5.84. The van der Waals surface area contributed by atoms with E-state index in [0.29, 0.717) is 12.1 Å². The van der Waals surface area contributed by atoms with Crippen LogP contribution in [-0.2, 0) is 4.79 Å². The molecule has 0 aliphatic carbocycles. The second-order valence-corrected chi connectivity index (χ2v) is 3.87. The molecule has 0 saturated carbocycles. The Kier molecular flexibility index (Phi) is 2.42. The van der Waals surface area contributed by atoms with E-state index in [4.69, 9.17) is 0 Å². The Hall–Kier alpha value is -0.570. The summed E-state index contributed by atoms with van der Waals surface area (Å²) in [6.07, 6.45) is 0. The predicted octanol–water partition coefficient (Wildman–Crippen LogP) is 0.556. The lowest BCUT2D eigenvalue weighted by Crippen LogP contribution is -2.37. The summed E-state index contributed by atoms with van der Waals surface area (Å²) in [6.45, 7) is 6.12. The fourth-order valence-corrected chi connectivity index (χ4v) is 1.34. The van der Waals surface area contributed by atoms with Gasteiger partial charge in [-0.1, -0.05) is 0 Å². The van der Waals surface area contributed by atoms with Crippen LogP contribution in [0.4, 0.5) is 0 Å². The van der Waals surface area contributed by atoms with Crippen molar-refractivity contribution in [2.75, 3.05) is 14.1 Å². The Morgan fingerprint density at radius 1 is 1.33 bits per heavy atom. The number of amides is 1. The molecule has 0 aromatic rings. The van der Waals surface area contributed by atoms with Gasteiger partial charge in [-0.25, -0.2) is 0 Å². The van der Waals surface area contributed by atoms with Crippen molar-refractivity contribution in [1.82, 2.24) is 9.80 Å². The Labute approximate surface area is 74.3 Å². The summed E-state index contributed by atoms with van der Waals surface area (Å²) >= 11 is 0. The van der Waals surface area contributed by atoms with Crippen molar-refractivity contribution in [1.29, 1.82) is 0 Å². The number of carbonyl (C=O) groups excluding carboxylic acids is 1. The summed E-state index contributed by atoms with van der Waals surface area (Å²) in [5.74, 6) is 0.250. The summed E-state index contributed by atoms with van der Waals surface area (Å²) < 4.78 is 0. The molecule has 3 atom stereocenters. The summed E-state index contributed by atoms with van der Waals surface area (Å²) in [6, 6.07) is 0.900. The molecule has 1 saturated heterocycles. The topological polar surface area (TPSA) is 23.3 Å². The van der Waals surface area contributed by atoms with E-state index >= 15 is 0 Å². The van der Waals surface area contributed by atoms with Gasteiger partial charge in [-0.15, -0.1) is 0 Å². The van der Waals surface area contributed by atoms with Crippen LogP contribution in [0.1, 0.15) is 20.8 Å². The zero-order valence-corrected chi connectivity index (χ0v) is 8.53. The molecule has 3 nitrogen and oxygen atoms in total. The number of nitrogens with zero attached hydrogens (tertiary/aromatic N) is 2. The molecule has 2 unspecified atom stereocenters. The molecule has 1 aliphatic heterocycles.